The number of halogens is 3. The first kappa shape index (κ1) is 19.4. The quantitative estimate of drug-likeness (QED) is 0.744. The molecule has 0 bridgehead atoms. The van der Waals surface area contributed by atoms with Crippen LogP contribution in [-0.2, 0) is 6.18 Å². The molecule has 0 aliphatic heterocycles. The number of hydrogen-bond donors (Lipinski definition) is 0. The predicted molar refractivity (Wildman–Crippen MR) is 92.7 cm³/mol. The molecule has 2 rings (SSSR count). The van der Waals surface area contributed by atoms with Crippen LogP contribution in [0, 0.1) is 0 Å². The second-order valence-electron chi connectivity index (χ2n) is 4.90. The van der Waals surface area contributed by atoms with E-state index in [1.54, 1.807) is 0 Å². The zero-order chi connectivity index (χ0) is 17.6. The van der Waals surface area contributed by atoms with Crippen molar-refractivity contribution in [2.45, 2.75) is 46.7 Å². The van der Waals surface area contributed by atoms with Crippen molar-refractivity contribution in [3.05, 3.63) is 39.7 Å². The van der Waals surface area contributed by atoms with Crippen LogP contribution in [0.4, 0.5) is 13.2 Å². The Balaban J connectivity index is 0.00000127. The molecule has 0 unspecified atom stereocenters. The SMILES string of the molecule is C=c1sc(-c2ccc(C(F)(F)F)cc2)n/c1=C(\C)CCC.CC. The number of thiazole rings is 1. The van der Waals surface area contributed by atoms with Gasteiger partial charge in [-0.25, -0.2) is 4.98 Å². The topological polar surface area (TPSA) is 12.9 Å². The highest BCUT2D eigenvalue weighted by Gasteiger charge is 2.30. The second kappa shape index (κ2) is 8.29. The Morgan fingerprint density at radius 1 is 1.17 bits per heavy atom. The lowest BCUT2D eigenvalue weighted by atomic mass is 10.1. The monoisotopic (exact) mass is 341 g/mol. The Bertz CT molecular complexity index is 727. The molecule has 23 heavy (non-hydrogen) atoms. The minimum absolute atomic E-state index is 0.647. The van der Waals surface area contributed by atoms with Crippen LogP contribution in [0.15, 0.2) is 24.3 Å². The van der Waals surface area contributed by atoms with E-state index in [9.17, 15) is 13.2 Å². The molecule has 1 heterocycles. The molecule has 126 valence electrons. The van der Waals surface area contributed by atoms with E-state index >= 15 is 0 Å². The fourth-order valence-electron chi connectivity index (χ4n) is 2.10. The zero-order valence-electron chi connectivity index (χ0n) is 13.9. The maximum absolute atomic E-state index is 12.6. The van der Waals surface area contributed by atoms with Crippen molar-refractivity contribution < 1.29 is 13.2 Å². The maximum Gasteiger partial charge on any atom is 0.416 e. The molecule has 0 saturated carbocycles. The normalized spacial score (nSPS) is 12.5. The zero-order valence-corrected chi connectivity index (χ0v) is 14.7. The Morgan fingerprint density at radius 3 is 2.22 bits per heavy atom. The number of aromatic nitrogens is 1. The van der Waals surface area contributed by atoms with Crippen molar-refractivity contribution >= 4 is 23.5 Å². The van der Waals surface area contributed by atoms with Gasteiger partial charge in [-0.3, -0.25) is 0 Å². The molecule has 0 radical (unpaired) electrons. The Labute approximate surface area is 139 Å². The highest BCUT2D eigenvalue weighted by molar-refractivity contribution is 7.12. The highest BCUT2D eigenvalue weighted by Crippen LogP contribution is 2.30. The van der Waals surface area contributed by atoms with Crippen molar-refractivity contribution in [1.82, 2.24) is 4.98 Å². The summed E-state index contributed by atoms with van der Waals surface area (Å²) in [5.41, 5.74) is 1.21. The minimum Gasteiger partial charge on any atom is -0.236 e. The molecule has 5 heteroatoms. The first-order chi connectivity index (χ1) is 10.8. The minimum atomic E-state index is -4.31. The molecular weight excluding hydrogens is 319 g/mol. The first-order valence-electron chi connectivity index (χ1n) is 7.66. The Hall–Kier alpha value is -1.62. The number of rotatable bonds is 3. The largest absolute Gasteiger partial charge is 0.416 e. The molecule has 1 aromatic heterocycles. The third-order valence-corrected chi connectivity index (χ3v) is 4.15. The van der Waals surface area contributed by atoms with Gasteiger partial charge >= 0.3 is 6.18 Å². The summed E-state index contributed by atoms with van der Waals surface area (Å²) >= 11 is 1.41. The van der Waals surface area contributed by atoms with E-state index in [4.69, 9.17) is 0 Å². The molecule has 0 fully saturated rings. The van der Waals surface area contributed by atoms with Gasteiger partial charge in [0.15, 0.2) is 0 Å². The summed E-state index contributed by atoms with van der Waals surface area (Å²) in [7, 11) is 0. The summed E-state index contributed by atoms with van der Waals surface area (Å²) in [6, 6.07) is 5.09. The van der Waals surface area contributed by atoms with Gasteiger partial charge < -0.3 is 0 Å². The van der Waals surface area contributed by atoms with E-state index in [0.717, 1.165) is 40.4 Å². The van der Waals surface area contributed by atoms with Gasteiger partial charge in [-0.2, -0.15) is 13.2 Å². The van der Waals surface area contributed by atoms with Crippen molar-refractivity contribution in [2.75, 3.05) is 0 Å². The van der Waals surface area contributed by atoms with Crippen molar-refractivity contribution in [3.8, 4) is 10.6 Å². The summed E-state index contributed by atoms with van der Waals surface area (Å²) < 4.78 is 38.5. The fourth-order valence-corrected chi connectivity index (χ4v) is 3.04. The van der Waals surface area contributed by atoms with Crippen LogP contribution in [0.1, 0.15) is 46.1 Å². The Morgan fingerprint density at radius 2 is 1.74 bits per heavy atom. The van der Waals surface area contributed by atoms with Crippen molar-refractivity contribution in [3.63, 3.8) is 0 Å². The van der Waals surface area contributed by atoms with Crippen LogP contribution in [0.2, 0.25) is 0 Å². The highest BCUT2D eigenvalue weighted by atomic mass is 32.1. The van der Waals surface area contributed by atoms with Gasteiger partial charge in [0.05, 0.1) is 10.9 Å². The third kappa shape index (κ3) is 4.93. The molecule has 0 saturated heterocycles. The van der Waals surface area contributed by atoms with Gasteiger partial charge in [0, 0.05) is 10.1 Å². The Kier molecular flexibility index (Phi) is 7.01. The molecular formula is C18H22F3NS. The lowest BCUT2D eigenvalue weighted by Crippen LogP contribution is -2.21. The standard InChI is InChI=1S/C16H16F3NS.C2H6/c1-4-5-10(2)14-11(3)21-15(20-14)12-6-8-13(9-7-12)16(17,18)19;1-2/h6-9H,3-5H2,1-2H3;1-2H3/b14-10+;. The van der Waals surface area contributed by atoms with Gasteiger partial charge in [-0.15, -0.1) is 11.3 Å². The van der Waals surface area contributed by atoms with E-state index in [1.807, 2.05) is 20.8 Å². The summed E-state index contributed by atoms with van der Waals surface area (Å²) in [5.74, 6) is 0. The predicted octanol–water partition coefficient (Wildman–Crippen LogP) is 5.24. The molecule has 1 aromatic carbocycles. The summed E-state index contributed by atoms with van der Waals surface area (Å²) in [4.78, 5) is 4.53. The van der Waals surface area contributed by atoms with E-state index < -0.39 is 11.7 Å². The average Bonchev–Trinajstić information content (AvgIpc) is 2.91. The molecule has 0 N–H and O–H groups in total. The van der Waals surface area contributed by atoms with Crippen LogP contribution in [-0.4, -0.2) is 4.98 Å². The summed E-state index contributed by atoms with van der Waals surface area (Å²) in [6.45, 7) is 12.1. The molecule has 0 spiro atoms. The van der Waals surface area contributed by atoms with Crippen LogP contribution in [0.3, 0.4) is 0 Å². The molecule has 1 nitrogen and oxygen atoms in total. The van der Waals surface area contributed by atoms with E-state index in [1.165, 1.54) is 23.5 Å². The molecule has 0 atom stereocenters. The molecule has 0 aliphatic rings. The van der Waals surface area contributed by atoms with Crippen molar-refractivity contribution in [1.29, 1.82) is 0 Å². The number of hydrogen-bond acceptors (Lipinski definition) is 2. The van der Waals surface area contributed by atoms with Gasteiger partial charge in [-0.1, -0.05) is 45.9 Å². The molecule has 2 aromatic rings. The van der Waals surface area contributed by atoms with E-state index in [0.29, 0.717) is 10.6 Å². The number of nitrogens with zero attached hydrogens (tertiary/aromatic N) is 1. The van der Waals surface area contributed by atoms with Crippen LogP contribution in [0.5, 0.6) is 0 Å². The molecule has 0 amide bonds. The van der Waals surface area contributed by atoms with E-state index in [-0.39, 0.29) is 0 Å². The van der Waals surface area contributed by atoms with Crippen LogP contribution >= 0.6 is 11.3 Å². The molecule has 0 aliphatic carbocycles. The third-order valence-electron chi connectivity index (χ3n) is 3.19. The van der Waals surface area contributed by atoms with Crippen LogP contribution in [0.25, 0.3) is 22.7 Å². The fraction of sp³-hybridized carbons (Fsp3) is 0.389. The van der Waals surface area contributed by atoms with Crippen LogP contribution < -0.4 is 9.88 Å². The lowest BCUT2D eigenvalue weighted by Gasteiger charge is -2.06. The second-order valence-corrected chi connectivity index (χ2v) is 5.98. The van der Waals surface area contributed by atoms with Gasteiger partial charge in [0.1, 0.15) is 5.01 Å². The van der Waals surface area contributed by atoms with Gasteiger partial charge in [0.2, 0.25) is 0 Å². The van der Waals surface area contributed by atoms with Crippen molar-refractivity contribution in [2.24, 2.45) is 0 Å². The first-order valence-corrected chi connectivity index (χ1v) is 8.47. The lowest BCUT2D eigenvalue weighted by molar-refractivity contribution is -0.137. The maximum atomic E-state index is 12.6. The average molecular weight is 341 g/mol. The summed E-state index contributed by atoms with van der Waals surface area (Å²) in [6.07, 6.45) is -2.34. The number of alkyl halides is 3. The van der Waals surface area contributed by atoms with E-state index in [2.05, 4.69) is 18.5 Å². The smallest absolute Gasteiger partial charge is 0.236 e. The number of benzene rings is 1. The van der Waals surface area contributed by atoms with Gasteiger partial charge in [-0.05, 0) is 31.1 Å². The van der Waals surface area contributed by atoms with Gasteiger partial charge in [0.25, 0.3) is 0 Å². The summed E-state index contributed by atoms with van der Waals surface area (Å²) in [5, 5.41) is 1.58.